The van der Waals surface area contributed by atoms with Crippen LogP contribution in [-0.4, -0.2) is 11.1 Å². The molecular formula is C22H30O2S. The third kappa shape index (κ3) is 6.66. The summed E-state index contributed by atoms with van der Waals surface area (Å²) in [4.78, 5) is 13.8. The van der Waals surface area contributed by atoms with E-state index < -0.39 is 5.97 Å². The van der Waals surface area contributed by atoms with Gasteiger partial charge in [0.1, 0.15) is 0 Å². The molecule has 2 rings (SSSR count). The molecule has 136 valence electrons. The van der Waals surface area contributed by atoms with Crippen molar-refractivity contribution >= 4 is 17.3 Å². The average molecular weight is 359 g/mol. The second-order valence-electron chi connectivity index (χ2n) is 7.88. The van der Waals surface area contributed by atoms with Crippen LogP contribution < -0.4 is 0 Å². The fourth-order valence-corrected chi connectivity index (χ4v) is 4.35. The van der Waals surface area contributed by atoms with Crippen molar-refractivity contribution in [2.24, 2.45) is 5.41 Å². The van der Waals surface area contributed by atoms with Gasteiger partial charge in [0.15, 0.2) is 0 Å². The molecule has 25 heavy (non-hydrogen) atoms. The zero-order valence-corrected chi connectivity index (χ0v) is 16.7. The van der Waals surface area contributed by atoms with Gasteiger partial charge in [-0.3, -0.25) is 4.79 Å². The van der Waals surface area contributed by atoms with Gasteiger partial charge in [-0.25, -0.2) is 0 Å². The van der Waals surface area contributed by atoms with Gasteiger partial charge in [-0.15, -0.1) is 11.3 Å². The maximum Gasteiger partial charge on any atom is 0.303 e. The molecule has 3 heteroatoms. The van der Waals surface area contributed by atoms with E-state index in [1.54, 1.807) is 0 Å². The molecule has 1 aromatic heterocycles. The monoisotopic (exact) mass is 358 g/mol. The quantitative estimate of drug-likeness (QED) is 0.599. The van der Waals surface area contributed by atoms with Gasteiger partial charge in [-0.1, -0.05) is 43.7 Å². The molecule has 1 heterocycles. The molecule has 0 fully saturated rings. The molecule has 0 amide bonds. The number of carbonyl (C=O) groups is 1. The summed E-state index contributed by atoms with van der Waals surface area (Å²) < 4.78 is 0. The number of rotatable bonds is 9. The van der Waals surface area contributed by atoms with Crippen LogP contribution >= 0.6 is 11.3 Å². The second kappa shape index (κ2) is 8.66. The van der Waals surface area contributed by atoms with E-state index in [1.807, 2.05) is 11.3 Å². The van der Waals surface area contributed by atoms with Crippen LogP contribution in [0.5, 0.6) is 0 Å². The van der Waals surface area contributed by atoms with Gasteiger partial charge in [0.25, 0.3) is 0 Å². The van der Waals surface area contributed by atoms with Gasteiger partial charge >= 0.3 is 5.97 Å². The summed E-state index contributed by atoms with van der Waals surface area (Å²) in [6, 6.07) is 11.1. The summed E-state index contributed by atoms with van der Waals surface area (Å²) in [5.74, 6) is -0.704. The summed E-state index contributed by atoms with van der Waals surface area (Å²) in [6.07, 6.45) is 5.51. The molecule has 0 saturated heterocycles. The first-order valence-corrected chi connectivity index (χ1v) is 9.92. The lowest BCUT2D eigenvalue weighted by Crippen LogP contribution is -2.17. The van der Waals surface area contributed by atoms with Crippen molar-refractivity contribution in [3.05, 3.63) is 56.8 Å². The number of carboxylic acids is 1. The molecule has 2 nitrogen and oxygen atoms in total. The Morgan fingerprint density at radius 3 is 2.40 bits per heavy atom. The van der Waals surface area contributed by atoms with E-state index in [4.69, 9.17) is 5.11 Å². The Kier molecular flexibility index (Phi) is 6.83. The van der Waals surface area contributed by atoms with Crippen molar-refractivity contribution in [2.75, 3.05) is 0 Å². The summed E-state index contributed by atoms with van der Waals surface area (Å²) in [7, 11) is 0. The molecule has 1 aromatic carbocycles. The van der Waals surface area contributed by atoms with Gasteiger partial charge in [0.05, 0.1) is 6.42 Å². The van der Waals surface area contributed by atoms with Gasteiger partial charge in [0, 0.05) is 9.75 Å². The standard InChI is InChI=1S/C22H30O2S/c1-16-8-10-18(11-9-16)6-5-7-20-19(14-17(2)25-20)12-13-22(3,4)15-21(23)24/h8-11,14H,5-7,12-13,15H2,1-4H3,(H,23,24). The minimum atomic E-state index is -0.704. The first-order valence-electron chi connectivity index (χ1n) is 9.11. The number of thiophene rings is 1. The van der Waals surface area contributed by atoms with Crippen molar-refractivity contribution in [3.8, 4) is 0 Å². The van der Waals surface area contributed by atoms with Crippen LogP contribution in [0.4, 0.5) is 0 Å². The minimum Gasteiger partial charge on any atom is -0.481 e. The highest BCUT2D eigenvalue weighted by atomic mass is 32.1. The maximum absolute atomic E-state index is 11.0. The number of hydrogen-bond donors (Lipinski definition) is 1. The van der Waals surface area contributed by atoms with E-state index in [0.29, 0.717) is 0 Å². The van der Waals surface area contributed by atoms with E-state index in [-0.39, 0.29) is 11.8 Å². The molecule has 2 aromatic rings. The Hall–Kier alpha value is -1.61. The van der Waals surface area contributed by atoms with E-state index in [2.05, 4.69) is 58.0 Å². The van der Waals surface area contributed by atoms with Crippen LogP contribution in [0.15, 0.2) is 30.3 Å². The first kappa shape index (κ1) is 19.7. The summed E-state index contributed by atoms with van der Waals surface area (Å²) in [5, 5.41) is 9.05. The lowest BCUT2D eigenvalue weighted by molar-refractivity contribution is -0.139. The number of benzene rings is 1. The highest BCUT2D eigenvalue weighted by Gasteiger charge is 2.22. The lowest BCUT2D eigenvalue weighted by Gasteiger charge is -2.22. The molecule has 0 aliphatic heterocycles. The Bertz CT molecular complexity index is 695. The van der Waals surface area contributed by atoms with Crippen molar-refractivity contribution < 1.29 is 9.90 Å². The van der Waals surface area contributed by atoms with Gasteiger partial charge in [-0.05, 0) is 68.6 Å². The Labute approximate surface area is 155 Å². The Morgan fingerprint density at radius 1 is 1.08 bits per heavy atom. The zero-order valence-electron chi connectivity index (χ0n) is 15.9. The molecule has 0 saturated carbocycles. The van der Waals surface area contributed by atoms with Gasteiger partial charge in [-0.2, -0.15) is 0 Å². The fourth-order valence-electron chi connectivity index (χ4n) is 3.22. The zero-order chi connectivity index (χ0) is 18.4. The maximum atomic E-state index is 11.0. The fraction of sp³-hybridized carbons (Fsp3) is 0.500. The highest BCUT2D eigenvalue weighted by Crippen LogP contribution is 2.31. The molecule has 0 spiro atoms. The highest BCUT2D eigenvalue weighted by molar-refractivity contribution is 7.12. The van der Waals surface area contributed by atoms with Crippen LogP contribution in [-0.2, 0) is 24.1 Å². The molecule has 0 bridgehead atoms. The number of aryl methyl sites for hydroxylation is 5. The average Bonchev–Trinajstić information content (AvgIpc) is 2.86. The summed E-state index contributed by atoms with van der Waals surface area (Å²) in [5.41, 5.74) is 3.98. The van der Waals surface area contributed by atoms with Gasteiger partial charge in [0.2, 0.25) is 0 Å². The number of aliphatic carboxylic acids is 1. The summed E-state index contributed by atoms with van der Waals surface area (Å²) >= 11 is 1.90. The van der Waals surface area contributed by atoms with Crippen LogP contribution in [0.2, 0.25) is 0 Å². The van der Waals surface area contributed by atoms with Crippen molar-refractivity contribution in [1.82, 2.24) is 0 Å². The second-order valence-corrected chi connectivity index (χ2v) is 9.22. The Morgan fingerprint density at radius 2 is 1.76 bits per heavy atom. The lowest BCUT2D eigenvalue weighted by atomic mass is 9.83. The predicted octanol–water partition coefficient (Wildman–Crippen LogP) is 5.97. The number of hydrogen-bond acceptors (Lipinski definition) is 2. The normalized spacial score (nSPS) is 11.7. The van der Waals surface area contributed by atoms with Crippen molar-refractivity contribution in [2.45, 2.75) is 66.2 Å². The molecule has 0 aliphatic rings. The third-order valence-corrected chi connectivity index (χ3v) is 5.86. The number of carboxylic acid groups (broad SMARTS) is 1. The summed E-state index contributed by atoms with van der Waals surface area (Å²) in [6.45, 7) is 8.39. The molecule has 0 unspecified atom stereocenters. The topological polar surface area (TPSA) is 37.3 Å². The largest absolute Gasteiger partial charge is 0.481 e. The molecule has 0 aliphatic carbocycles. The van der Waals surface area contributed by atoms with Crippen LogP contribution in [0.1, 0.15) is 59.6 Å². The molecule has 1 N–H and O–H groups in total. The third-order valence-electron chi connectivity index (χ3n) is 4.71. The smallest absolute Gasteiger partial charge is 0.303 e. The van der Waals surface area contributed by atoms with Gasteiger partial charge < -0.3 is 5.11 Å². The van der Waals surface area contributed by atoms with E-state index in [1.165, 1.54) is 26.4 Å². The van der Waals surface area contributed by atoms with Crippen molar-refractivity contribution in [1.29, 1.82) is 0 Å². The predicted molar refractivity (Wildman–Crippen MR) is 107 cm³/mol. The van der Waals surface area contributed by atoms with Crippen molar-refractivity contribution in [3.63, 3.8) is 0 Å². The SMILES string of the molecule is Cc1ccc(CCCc2sc(C)cc2CCC(C)(C)CC(=O)O)cc1. The van der Waals surface area contributed by atoms with Crippen LogP contribution in [0.25, 0.3) is 0 Å². The Balaban J connectivity index is 1.91. The first-order chi connectivity index (χ1) is 11.7. The molecular weight excluding hydrogens is 328 g/mol. The molecule has 0 atom stereocenters. The van der Waals surface area contributed by atoms with E-state index in [0.717, 1.165) is 32.1 Å². The molecule has 0 radical (unpaired) electrons. The van der Waals surface area contributed by atoms with E-state index >= 15 is 0 Å². The van der Waals surface area contributed by atoms with Crippen LogP contribution in [0.3, 0.4) is 0 Å². The van der Waals surface area contributed by atoms with Crippen LogP contribution in [0, 0.1) is 19.3 Å². The van der Waals surface area contributed by atoms with E-state index in [9.17, 15) is 4.79 Å². The minimum absolute atomic E-state index is 0.152.